The number of piperazine rings is 1. The van der Waals surface area contributed by atoms with E-state index < -0.39 is 23.0 Å². The van der Waals surface area contributed by atoms with E-state index in [0.717, 1.165) is 38.2 Å². The molecule has 4 aliphatic rings. The summed E-state index contributed by atoms with van der Waals surface area (Å²) < 4.78 is 26.0. The minimum Gasteiger partial charge on any atom is -0.497 e. The number of hydrogen-bond acceptors (Lipinski definition) is 15. The number of carbonyl (C=O) groups is 5. The fourth-order valence-electron chi connectivity index (χ4n) is 8.03. The lowest BCUT2D eigenvalue weighted by Crippen LogP contribution is -2.54. The lowest BCUT2D eigenvalue weighted by molar-refractivity contribution is -0.133. The van der Waals surface area contributed by atoms with Crippen LogP contribution in [0.3, 0.4) is 0 Å². The number of carbonyl (C=O) groups excluding carboxylic acids is 5. The zero-order valence-electron chi connectivity index (χ0n) is 37.8. The van der Waals surface area contributed by atoms with Crippen molar-refractivity contribution in [1.29, 1.82) is 0 Å². The number of methoxy groups -OCH3 is 1. The molecule has 6 amide bonds. The molecular weight excluding hydrogens is 880 g/mol. The summed E-state index contributed by atoms with van der Waals surface area (Å²) in [4.78, 5) is 70.2. The molecule has 6 rings (SSSR count). The molecular formula is C43H65FN12O7S2. The topological polar surface area (TPSA) is 213 Å². The first-order valence-corrected chi connectivity index (χ1v) is 24.1. The van der Waals surface area contributed by atoms with Crippen molar-refractivity contribution in [2.45, 2.75) is 60.9 Å². The molecule has 358 valence electrons. The number of nitrogens with one attached hydrogen (secondary N) is 8. The average Bonchev–Trinajstić information content (AvgIpc) is 3.93. The Morgan fingerprint density at radius 2 is 1.85 bits per heavy atom. The highest BCUT2D eigenvalue weighted by Gasteiger charge is 2.34. The summed E-state index contributed by atoms with van der Waals surface area (Å²) in [6, 6.07) is 10.4. The van der Waals surface area contributed by atoms with Crippen LogP contribution in [0.4, 0.5) is 19.7 Å². The lowest BCUT2D eigenvalue weighted by Gasteiger charge is -2.33. The Morgan fingerprint density at radius 1 is 1.09 bits per heavy atom. The van der Waals surface area contributed by atoms with Crippen LogP contribution in [0.1, 0.15) is 38.3 Å². The monoisotopic (exact) mass is 944 g/mol. The number of hydrogen-bond donors (Lipinski definition) is 8. The highest BCUT2D eigenvalue weighted by molar-refractivity contribution is 8.01. The third-order valence-corrected chi connectivity index (χ3v) is 14.6. The molecule has 0 saturated carbocycles. The highest BCUT2D eigenvalue weighted by atomic mass is 32.2. The maximum absolute atomic E-state index is 14.9. The molecule has 4 fully saturated rings. The fourth-order valence-corrected chi connectivity index (χ4v) is 10.6. The Kier molecular flexibility index (Phi) is 18.8. The second kappa shape index (κ2) is 24.4. The van der Waals surface area contributed by atoms with E-state index in [4.69, 9.17) is 9.47 Å². The third kappa shape index (κ3) is 15.3. The molecule has 0 spiro atoms. The van der Waals surface area contributed by atoms with Gasteiger partial charge in [-0.15, -0.1) is 23.5 Å². The summed E-state index contributed by atoms with van der Waals surface area (Å²) >= 11 is 2.88. The number of amides is 6. The van der Waals surface area contributed by atoms with E-state index in [1.165, 1.54) is 24.9 Å². The maximum atomic E-state index is 14.9. The number of benzene rings is 2. The molecule has 2 aromatic rings. The minimum absolute atomic E-state index is 0.00437. The molecule has 22 heteroatoms. The summed E-state index contributed by atoms with van der Waals surface area (Å²) in [7, 11) is 5.44. The first-order chi connectivity index (χ1) is 31.2. The van der Waals surface area contributed by atoms with E-state index in [0.29, 0.717) is 68.5 Å². The Labute approximate surface area is 389 Å². The van der Waals surface area contributed by atoms with E-state index in [1.54, 1.807) is 55.1 Å². The summed E-state index contributed by atoms with van der Waals surface area (Å²) in [5.41, 5.74) is 7.12. The molecule has 0 radical (unpaired) electrons. The maximum Gasteiger partial charge on any atom is 0.321 e. The van der Waals surface area contributed by atoms with Gasteiger partial charge in [0.1, 0.15) is 35.7 Å². The number of thioether (sulfide) groups is 2. The normalized spacial score (nSPS) is 24.1. The quantitative estimate of drug-likeness (QED) is 0.0836. The van der Waals surface area contributed by atoms with Crippen molar-refractivity contribution in [3.8, 4) is 11.5 Å². The van der Waals surface area contributed by atoms with Gasteiger partial charge in [-0.1, -0.05) is 13.0 Å². The first-order valence-electron chi connectivity index (χ1n) is 22.1. The van der Waals surface area contributed by atoms with Crippen molar-refractivity contribution in [3.05, 3.63) is 53.8 Å². The van der Waals surface area contributed by atoms with E-state index in [2.05, 4.69) is 59.7 Å². The number of urea groups is 2. The van der Waals surface area contributed by atoms with Crippen molar-refractivity contribution in [1.82, 2.24) is 57.3 Å². The molecule has 65 heavy (non-hydrogen) atoms. The van der Waals surface area contributed by atoms with E-state index in [9.17, 15) is 28.4 Å². The molecule has 4 saturated heterocycles. The number of rotatable bonds is 21. The van der Waals surface area contributed by atoms with Crippen LogP contribution in [0.2, 0.25) is 0 Å². The van der Waals surface area contributed by atoms with Crippen LogP contribution in [0.5, 0.6) is 11.5 Å². The molecule has 6 unspecified atom stereocenters. The molecule has 2 aromatic carbocycles. The van der Waals surface area contributed by atoms with Gasteiger partial charge in [0.2, 0.25) is 11.8 Å². The number of nitrogens with zero attached hydrogens (tertiary/aromatic N) is 4. The Hall–Kier alpha value is -4.42. The zero-order chi connectivity index (χ0) is 46.5. The predicted molar refractivity (Wildman–Crippen MR) is 250 cm³/mol. The molecule has 0 aliphatic carbocycles. The Morgan fingerprint density at radius 3 is 2.57 bits per heavy atom. The van der Waals surface area contributed by atoms with Gasteiger partial charge in [0.25, 0.3) is 0 Å². The predicted octanol–water partition coefficient (Wildman–Crippen LogP) is 1.57. The molecule has 4 aliphatic heterocycles. The SMILES string of the molecule is COc1ccc([C@@H](C)NC(=O)[C@H](CC(C=O)CN(C)CC2CN(CCOc3ccc(NC(=O)NC4NC(CC(=O)N5CCN(C)CC5)CS4)cc3)NN2)SC2NC(=O)NCC2C)c(F)c1. The van der Waals surface area contributed by atoms with Crippen LogP contribution < -0.4 is 52.3 Å². The van der Waals surface area contributed by atoms with Crippen LogP contribution in [0, 0.1) is 17.7 Å². The summed E-state index contributed by atoms with van der Waals surface area (Å²) in [5, 5.41) is 18.7. The summed E-state index contributed by atoms with van der Waals surface area (Å²) in [5.74, 6) is 0.585. The van der Waals surface area contributed by atoms with Crippen molar-refractivity contribution in [3.63, 3.8) is 0 Å². The van der Waals surface area contributed by atoms with Gasteiger partial charge in [0.05, 0.1) is 23.8 Å². The van der Waals surface area contributed by atoms with Gasteiger partial charge in [-0.25, -0.2) is 24.4 Å². The first kappa shape index (κ1) is 50.0. The van der Waals surface area contributed by atoms with Gasteiger partial charge in [0.15, 0.2) is 0 Å². The second-order valence-corrected chi connectivity index (χ2v) is 19.7. The Balaban J connectivity index is 0.894. The summed E-state index contributed by atoms with van der Waals surface area (Å²) in [6.07, 6.45) is 1.51. The van der Waals surface area contributed by atoms with Crippen LogP contribution in [-0.2, 0) is 14.4 Å². The van der Waals surface area contributed by atoms with Gasteiger partial charge in [-0.2, -0.15) is 5.53 Å². The smallest absolute Gasteiger partial charge is 0.321 e. The summed E-state index contributed by atoms with van der Waals surface area (Å²) in [6.45, 7) is 10.1. The Bertz CT molecular complexity index is 1920. The average molecular weight is 945 g/mol. The number of halogens is 1. The molecule has 0 bridgehead atoms. The largest absolute Gasteiger partial charge is 0.497 e. The number of aldehydes is 1. The lowest BCUT2D eigenvalue weighted by atomic mass is 10.0. The molecule has 19 nitrogen and oxygen atoms in total. The van der Waals surface area contributed by atoms with Gasteiger partial charge in [0, 0.05) is 112 Å². The van der Waals surface area contributed by atoms with Gasteiger partial charge < -0.3 is 55.6 Å². The fraction of sp³-hybridized carbons (Fsp3) is 0.605. The highest BCUT2D eigenvalue weighted by Crippen LogP contribution is 2.30. The molecule has 4 heterocycles. The third-order valence-electron chi connectivity index (χ3n) is 11.8. The van der Waals surface area contributed by atoms with E-state index in [-0.39, 0.29) is 59.2 Å². The van der Waals surface area contributed by atoms with Crippen molar-refractivity contribution in [2.75, 3.05) is 97.8 Å². The number of ether oxygens (including phenoxy) is 2. The van der Waals surface area contributed by atoms with Crippen LogP contribution in [-0.4, -0.2) is 171 Å². The number of hydrazine groups is 2. The van der Waals surface area contributed by atoms with Crippen molar-refractivity contribution in [2.24, 2.45) is 11.8 Å². The zero-order valence-corrected chi connectivity index (χ0v) is 39.4. The second-order valence-electron chi connectivity index (χ2n) is 17.2. The van der Waals surface area contributed by atoms with Crippen LogP contribution >= 0.6 is 23.5 Å². The van der Waals surface area contributed by atoms with Gasteiger partial charge in [-0.3, -0.25) is 14.9 Å². The van der Waals surface area contributed by atoms with Crippen molar-refractivity contribution < 1.29 is 37.8 Å². The number of likely N-dealkylation sites (N-methyl/N-ethyl adjacent to an activating group) is 2. The standard InChI is InChI=1S/C43H65FN12O7S2/c1-27-21-45-41(60)49-40(27)65-37(39(59)46-28(2)35-11-10-34(62-5)20-36(35)44)18-29(25-57)22-54(4)23-32-24-56(52-51-32)16-17-63-33-8-6-30(7-9-33)47-42(61)50-43-48-31(26-64-43)19-38(58)55-14-12-53(3)13-15-55/h6-11,20,25,27-29,31-32,37,40,43,48,51-52H,12-19,21-24,26H2,1-5H3,(H,46,59)(H2,45,49,60)(H2,47,50,61)/t27?,28-,29?,31?,32?,37+,40?,43?/m1/s1. The van der Waals surface area contributed by atoms with Crippen LogP contribution in [0.25, 0.3) is 0 Å². The van der Waals surface area contributed by atoms with E-state index >= 15 is 0 Å². The molecule has 8 atom stereocenters. The van der Waals surface area contributed by atoms with Crippen LogP contribution in [0.15, 0.2) is 42.5 Å². The number of anilines is 1. The minimum atomic E-state index is -0.703. The van der Waals surface area contributed by atoms with E-state index in [1.807, 2.05) is 23.9 Å². The van der Waals surface area contributed by atoms with Gasteiger partial charge in [-0.05, 0) is 57.8 Å². The van der Waals surface area contributed by atoms with Crippen molar-refractivity contribution >= 4 is 59.4 Å². The molecule has 8 N–H and O–H groups in total. The molecule has 0 aromatic heterocycles. The van der Waals surface area contributed by atoms with Gasteiger partial charge >= 0.3 is 12.1 Å².